The molecule has 0 bridgehead atoms. The van der Waals surface area contributed by atoms with E-state index in [-0.39, 0.29) is 36.0 Å². The Bertz CT molecular complexity index is 1140. The molecule has 2 aliphatic heterocycles. The number of para-hydroxylation sites is 1. The first-order valence-electron chi connectivity index (χ1n) is 10.1. The van der Waals surface area contributed by atoms with Gasteiger partial charge in [-0.2, -0.15) is 5.10 Å². The Morgan fingerprint density at radius 1 is 1.16 bits per heavy atom. The van der Waals surface area contributed by atoms with Crippen LogP contribution in [0, 0.1) is 6.92 Å². The van der Waals surface area contributed by atoms with Crippen LogP contribution in [-0.2, 0) is 19.4 Å². The summed E-state index contributed by atoms with van der Waals surface area (Å²) in [5.74, 6) is 0.322. The van der Waals surface area contributed by atoms with Crippen molar-refractivity contribution in [3.63, 3.8) is 0 Å². The summed E-state index contributed by atoms with van der Waals surface area (Å²) in [6.07, 6.45) is 0.644. The van der Waals surface area contributed by atoms with Crippen molar-refractivity contribution in [2.24, 2.45) is 5.10 Å². The van der Waals surface area contributed by atoms with Crippen LogP contribution >= 0.6 is 0 Å². The Labute approximate surface area is 180 Å². The molecule has 0 radical (unpaired) electrons. The first-order chi connectivity index (χ1) is 14.8. The summed E-state index contributed by atoms with van der Waals surface area (Å²) in [6.45, 7) is 1.90. The Morgan fingerprint density at radius 3 is 2.65 bits per heavy atom. The van der Waals surface area contributed by atoms with E-state index in [1.165, 1.54) is 5.01 Å². The number of benzene rings is 2. The van der Waals surface area contributed by atoms with Crippen molar-refractivity contribution in [2.75, 3.05) is 16.8 Å². The second-order valence-corrected chi connectivity index (χ2v) is 9.94. The molecule has 0 saturated carbocycles. The third kappa shape index (κ3) is 4.93. The van der Waals surface area contributed by atoms with E-state index in [1.807, 2.05) is 43.3 Å². The minimum Gasteiger partial charge on any atom is -0.455 e. The van der Waals surface area contributed by atoms with Crippen molar-refractivity contribution in [3.05, 3.63) is 54.1 Å². The predicted molar refractivity (Wildman–Crippen MR) is 117 cm³/mol. The van der Waals surface area contributed by atoms with Crippen LogP contribution < -0.4 is 10.1 Å². The number of amides is 2. The Kier molecular flexibility index (Phi) is 5.77. The molecule has 31 heavy (non-hydrogen) atoms. The zero-order chi connectivity index (χ0) is 22.0. The maximum atomic E-state index is 12.9. The minimum atomic E-state index is -3.17. The summed E-state index contributed by atoms with van der Waals surface area (Å²) in [6, 6.07) is 14.2. The van der Waals surface area contributed by atoms with Crippen molar-refractivity contribution in [2.45, 2.75) is 32.2 Å². The quantitative estimate of drug-likeness (QED) is 0.768. The van der Waals surface area contributed by atoms with Crippen LogP contribution in [0.2, 0.25) is 0 Å². The molecule has 162 valence electrons. The molecule has 8 nitrogen and oxygen atoms in total. The normalized spacial score (nSPS) is 20.3. The number of sulfone groups is 1. The van der Waals surface area contributed by atoms with Gasteiger partial charge in [-0.25, -0.2) is 13.4 Å². The predicted octanol–water partition coefficient (Wildman–Crippen LogP) is 2.89. The molecule has 1 saturated heterocycles. The Morgan fingerprint density at radius 2 is 1.94 bits per heavy atom. The van der Waals surface area contributed by atoms with Gasteiger partial charge in [0.15, 0.2) is 15.6 Å². The van der Waals surface area contributed by atoms with E-state index < -0.39 is 21.8 Å². The number of ether oxygens (including phenoxy) is 1. The molecule has 1 fully saturated rings. The van der Waals surface area contributed by atoms with Crippen LogP contribution in [0.25, 0.3) is 0 Å². The number of carbonyl (C=O) groups is 2. The molecule has 2 aromatic carbocycles. The van der Waals surface area contributed by atoms with E-state index in [2.05, 4.69) is 10.4 Å². The molecule has 0 unspecified atom stereocenters. The maximum absolute atomic E-state index is 12.9. The fraction of sp³-hybridized carbons (Fsp3) is 0.318. The van der Waals surface area contributed by atoms with E-state index >= 15 is 0 Å². The molecule has 0 aliphatic carbocycles. The number of anilines is 1. The first kappa shape index (κ1) is 21.0. The number of hydrogen-bond donors (Lipinski definition) is 1. The molecular weight excluding hydrogens is 418 g/mol. The summed E-state index contributed by atoms with van der Waals surface area (Å²) in [7, 11) is -3.17. The smallest absolute Gasteiger partial charge is 0.271 e. The van der Waals surface area contributed by atoms with E-state index in [4.69, 9.17) is 4.74 Å². The van der Waals surface area contributed by atoms with Crippen molar-refractivity contribution in [3.8, 4) is 11.5 Å². The van der Waals surface area contributed by atoms with Crippen LogP contribution in [0.15, 0.2) is 53.6 Å². The van der Waals surface area contributed by atoms with E-state index in [9.17, 15) is 18.0 Å². The SMILES string of the molecule is Cc1ccc(Oc2ccccc2)c(NC(=O)C2=NN([C@@H]3CCS(=O)(=O)C3)C(=O)CC2)c1. The molecule has 2 amide bonds. The fourth-order valence-electron chi connectivity index (χ4n) is 3.63. The van der Waals surface area contributed by atoms with Crippen LogP contribution in [0.4, 0.5) is 5.69 Å². The molecule has 2 heterocycles. The van der Waals surface area contributed by atoms with Gasteiger partial charge in [0.2, 0.25) is 5.91 Å². The lowest BCUT2D eigenvalue weighted by Crippen LogP contribution is -2.42. The average Bonchev–Trinajstić information content (AvgIpc) is 3.10. The fourth-order valence-corrected chi connectivity index (χ4v) is 5.32. The molecule has 0 spiro atoms. The van der Waals surface area contributed by atoms with Crippen molar-refractivity contribution >= 4 is 33.1 Å². The standard InChI is InChI=1S/C22H23N3O5S/c1-15-7-9-20(30-17-5-3-2-4-6-17)19(13-15)23-22(27)18-8-10-21(26)25(24-18)16-11-12-31(28,29)14-16/h2-7,9,13,16H,8,10-12,14H2,1H3,(H,23,27)/t16-/m1/s1. The monoisotopic (exact) mass is 441 g/mol. The van der Waals surface area contributed by atoms with Gasteiger partial charge in [0.1, 0.15) is 11.5 Å². The summed E-state index contributed by atoms with van der Waals surface area (Å²) in [5, 5.41) is 8.24. The van der Waals surface area contributed by atoms with Gasteiger partial charge in [-0.3, -0.25) is 9.59 Å². The van der Waals surface area contributed by atoms with Gasteiger partial charge in [-0.1, -0.05) is 24.3 Å². The topological polar surface area (TPSA) is 105 Å². The van der Waals surface area contributed by atoms with E-state index in [0.717, 1.165) is 5.56 Å². The molecule has 1 N–H and O–H groups in total. The Balaban J connectivity index is 1.54. The first-order valence-corrected chi connectivity index (χ1v) is 11.9. The molecule has 1 atom stereocenters. The van der Waals surface area contributed by atoms with Crippen molar-refractivity contribution in [1.82, 2.24) is 5.01 Å². The summed E-state index contributed by atoms with van der Waals surface area (Å²) in [4.78, 5) is 25.2. The third-order valence-electron chi connectivity index (χ3n) is 5.23. The highest BCUT2D eigenvalue weighted by atomic mass is 32.2. The molecule has 4 rings (SSSR count). The molecule has 9 heteroatoms. The van der Waals surface area contributed by atoms with Gasteiger partial charge >= 0.3 is 0 Å². The lowest BCUT2D eigenvalue weighted by molar-refractivity contribution is -0.133. The van der Waals surface area contributed by atoms with Gasteiger partial charge in [-0.15, -0.1) is 0 Å². The summed E-state index contributed by atoms with van der Waals surface area (Å²) >= 11 is 0. The molecule has 2 aliphatic rings. The second-order valence-electron chi connectivity index (χ2n) is 7.71. The molecule has 2 aromatic rings. The van der Waals surface area contributed by atoms with E-state index in [0.29, 0.717) is 23.6 Å². The summed E-state index contributed by atoms with van der Waals surface area (Å²) in [5.41, 5.74) is 1.62. The van der Waals surface area contributed by atoms with Gasteiger partial charge in [0.25, 0.3) is 5.91 Å². The Hall–Kier alpha value is -3.20. The molecule has 0 aromatic heterocycles. The third-order valence-corrected chi connectivity index (χ3v) is 6.98. The van der Waals surface area contributed by atoms with Crippen molar-refractivity contribution in [1.29, 1.82) is 0 Å². The zero-order valence-electron chi connectivity index (χ0n) is 17.1. The number of hydrazone groups is 1. The van der Waals surface area contributed by atoms with Gasteiger partial charge < -0.3 is 10.1 Å². The largest absolute Gasteiger partial charge is 0.455 e. The lowest BCUT2D eigenvalue weighted by Gasteiger charge is -2.27. The van der Waals surface area contributed by atoms with Crippen LogP contribution in [0.5, 0.6) is 11.5 Å². The number of carbonyl (C=O) groups excluding carboxylic acids is 2. The number of rotatable bonds is 5. The van der Waals surface area contributed by atoms with Crippen LogP contribution in [-0.4, -0.2) is 48.5 Å². The van der Waals surface area contributed by atoms with Gasteiger partial charge in [0, 0.05) is 12.8 Å². The average molecular weight is 442 g/mol. The highest BCUT2D eigenvalue weighted by molar-refractivity contribution is 7.91. The van der Waals surface area contributed by atoms with Gasteiger partial charge in [0.05, 0.1) is 23.2 Å². The number of hydrogen-bond acceptors (Lipinski definition) is 6. The van der Waals surface area contributed by atoms with E-state index in [1.54, 1.807) is 12.1 Å². The lowest BCUT2D eigenvalue weighted by atomic mass is 10.1. The number of nitrogens with zero attached hydrogens (tertiary/aromatic N) is 2. The highest BCUT2D eigenvalue weighted by Gasteiger charge is 2.37. The van der Waals surface area contributed by atoms with Crippen molar-refractivity contribution < 1.29 is 22.7 Å². The summed E-state index contributed by atoms with van der Waals surface area (Å²) < 4.78 is 29.5. The minimum absolute atomic E-state index is 0.0297. The molecular formula is C22H23N3O5S. The van der Waals surface area contributed by atoms with Crippen LogP contribution in [0.3, 0.4) is 0 Å². The highest BCUT2D eigenvalue weighted by Crippen LogP contribution is 2.31. The number of aryl methyl sites for hydroxylation is 1. The second kappa shape index (κ2) is 8.50. The maximum Gasteiger partial charge on any atom is 0.271 e. The van der Waals surface area contributed by atoms with Gasteiger partial charge in [-0.05, 0) is 43.2 Å². The zero-order valence-corrected chi connectivity index (χ0v) is 17.9. The van der Waals surface area contributed by atoms with Crippen LogP contribution in [0.1, 0.15) is 24.8 Å². The number of nitrogens with one attached hydrogen (secondary N) is 1.